The van der Waals surface area contributed by atoms with Crippen LogP contribution in [0.15, 0.2) is 54.6 Å². The van der Waals surface area contributed by atoms with Gasteiger partial charge in [-0.2, -0.15) is 0 Å². The fraction of sp³-hybridized carbons (Fsp3) is 0.136. The van der Waals surface area contributed by atoms with E-state index >= 15 is 0 Å². The smallest absolute Gasteiger partial charge is 0.348 e. The molecule has 3 N–H and O–H groups in total. The standard InChI is InChI=1S/C22H19NO5S/c1-28-22(27)18-12-16-21(29-18)19(13-5-3-2-4-6-13)20(23(16)9-10-24)15-8-7-14(25)11-17(15)26/h2-8,11-12,24-26H,9-10H2,1H3. The molecule has 2 aromatic heterocycles. The second-order valence-corrected chi connectivity index (χ2v) is 7.54. The van der Waals surface area contributed by atoms with Gasteiger partial charge in [0.25, 0.3) is 0 Å². The third kappa shape index (κ3) is 3.24. The van der Waals surface area contributed by atoms with Crippen molar-refractivity contribution in [1.29, 1.82) is 0 Å². The van der Waals surface area contributed by atoms with Crippen molar-refractivity contribution in [3.63, 3.8) is 0 Å². The number of aliphatic hydroxyl groups excluding tert-OH is 1. The maximum absolute atomic E-state index is 12.1. The first-order valence-electron chi connectivity index (χ1n) is 8.98. The maximum Gasteiger partial charge on any atom is 0.348 e. The Labute approximate surface area is 170 Å². The third-order valence-electron chi connectivity index (χ3n) is 4.75. The van der Waals surface area contributed by atoms with E-state index in [9.17, 15) is 20.1 Å². The van der Waals surface area contributed by atoms with E-state index in [0.29, 0.717) is 16.1 Å². The van der Waals surface area contributed by atoms with Crippen LogP contribution in [0.5, 0.6) is 11.5 Å². The van der Waals surface area contributed by atoms with Crippen LogP contribution in [-0.4, -0.2) is 39.6 Å². The lowest BCUT2D eigenvalue weighted by molar-refractivity contribution is 0.0606. The van der Waals surface area contributed by atoms with Crippen LogP contribution in [0.25, 0.3) is 32.6 Å². The van der Waals surface area contributed by atoms with Crippen LogP contribution in [0, 0.1) is 0 Å². The van der Waals surface area contributed by atoms with E-state index in [2.05, 4.69) is 0 Å². The number of phenolic OH excluding ortho intramolecular Hbond substituents is 2. The summed E-state index contributed by atoms with van der Waals surface area (Å²) in [5, 5.41) is 30.0. The highest BCUT2D eigenvalue weighted by molar-refractivity contribution is 7.21. The van der Waals surface area contributed by atoms with Crippen molar-refractivity contribution < 1.29 is 24.9 Å². The normalized spacial score (nSPS) is 11.1. The minimum atomic E-state index is -0.421. The molecule has 0 aliphatic rings. The first kappa shape index (κ1) is 19.0. The van der Waals surface area contributed by atoms with E-state index in [4.69, 9.17) is 4.74 Å². The number of aliphatic hydroxyl groups is 1. The number of carbonyl (C=O) groups is 1. The molecule has 148 valence electrons. The number of carbonyl (C=O) groups excluding carboxylic acids is 1. The largest absolute Gasteiger partial charge is 0.508 e. The Bertz CT molecular complexity index is 1190. The van der Waals surface area contributed by atoms with Crippen molar-refractivity contribution in [3.8, 4) is 33.9 Å². The molecular weight excluding hydrogens is 390 g/mol. The van der Waals surface area contributed by atoms with Gasteiger partial charge < -0.3 is 24.6 Å². The Morgan fingerprint density at radius 2 is 1.86 bits per heavy atom. The molecule has 0 aliphatic carbocycles. The molecule has 29 heavy (non-hydrogen) atoms. The van der Waals surface area contributed by atoms with Crippen LogP contribution >= 0.6 is 11.3 Å². The molecule has 0 saturated heterocycles. The molecule has 0 atom stereocenters. The van der Waals surface area contributed by atoms with Crippen molar-refractivity contribution in [2.24, 2.45) is 0 Å². The molecule has 0 spiro atoms. The summed E-state index contributed by atoms with van der Waals surface area (Å²) in [5.74, 6) is -0.530. The number of methoxy groups -OCH3 is 1. The van der Waals surface area contributed by atoms with Gasteiger partial charge in [0.1, 0.15) is 16.4 Å². The molecule has 2 heterocycles. The fourth-order valence-electron chi connectivity index (χ4n) is 3.53. The van der Waals surface area contributed by atoms with Crippen LogP contribution in [0.1, 0.15) is 9.67 Å². The van der Waals surface area contributed by atoms with Gasteiger partial charge in [-0.15, -0.1) is 11.3 Å². The molecule has 0 aliphatic heterocycles. The molecule has 0 saturated carbocycles. The molecule has 6 nitrogen and oxygen atoms in total. The van der Waals surface area contributed by atoms with E-state index in [1.54, 1.807) is 12.1 Å². The third-order valence-corrected chi connectivity index (χ3v) is 5.87. The zero-order chi connectivity index (χ0) is 20.5. The number of aromatic nitrogens is 1. The van der Waals surface area contributed by atoms with Crippen molar-refractivity contribution in [1.82, 2.24) is 4.57 Å². The molecular formula is C22H19NO5S. The van der Waals surface area contributed by atoms with Crippen molar-refractivity contribution in [2.75, 3.05) is 13.7 Å². The molecule has 4 rings (SSSR count). The van der Waals surface area contributed by atoms with Gasteiger partial charge >= 0.3 is 5.97 Å². The number of ether oxygens (including phenoxy) is 1. The molecule has 0 fully saturated rings. The van der Waals surface area contributed by atoms with Gasteiger partial charge in [0, 0.05) is 23.7 Å². The highest BCUT2D eigenvalue weighted by atomic mass is 32.1. The molecule has 0 amide bonds. The van der Waals surface area contributed by atoms with E-state index in [1.807, 2.05) is 34.9 Å². The van der Waals surface area contributed by atoms with Gasteiger partial charge in [0.05, 0.1) is 29.6 Å². The summed E-state index contributed by atoms with van der Waals surface area (Å²) < 4.78 is 7.61. The molecule has 0 unspecified atom stereocenters. The number of hydrogen-bond donors (Lipinski definition) is 3. The number of aromatic hydroxyl groups is 2. The van der Waals surface area contributed by atoms with Crippen LogP contribution in [0.3, 0.4) is 0 Å². The van der Waals surface area contributed by atoms with Crippen molar-refractivity contribution >= 4 is 27.5 Å². The van der Waals surface area contributed by atoms with E-state index in [0.717, 1.165) is 21.3 Å². The quantitative estimate of drug-likeness (QED) is 0.429. The minimum Gasteiger partial charge on any atom is -0.508 e. The summed E-state index contributed by atoms with van der Waals surface area (Å²) in [6.07, 6.45) is 0. The van der Waals surface area contributed by atoms with Crippen LogP contribution in [-0.2, 0) is 11.3 Å². The zero-order valence-corrected chi connectivity index (χ0v) is 16.4. The number of nitrogens with zero attached hydrogens (tertiary/aromatic N) is 1. The second kappa shape index (κ2) is 7.62. The first-order chi connectivity index (χ1) is 14.0. The average Bonchev–Trinajstić information content (AvgIpc) is 3.26. The molecule has 2 aromatic carbocycles. The van der Waals surface area contributed by atoms with E-state index in [-0.39, 0.29) is 24.7 Å². The molecule has 4 aromatic rings. The lowest BCUT2D eigenvalue weighted by Gasteiger charge is -2.14. The number of benzene rings is 2. The van der Waals surface area contributed by atoms with Crippen LogP contribution in [0.4, 0.5) is 0 Å². The summed E-state index contributed by atoms with van der Waals surface area (Å²) in [6.45, 7) is 0.156. The van der Waals surface area contributed by atoms with Gasteiger partial charge in [-0.05, 0) is 23.8 Å². The summed E-state index contributed by atoms with van der Waals surface area (Å²) in [7, 11) is 1.34. The van der Waals surface area contributed by atoms with Crippen molar-refractivity contribution in [2.45, 2.75) is 6.54 Å². The van der Waals surface area contributed by atoms with Crippen LogP contribution < -0.4 is 0 Å². The van der Waals surface area contributed by atoms with Gasteiger partial charge in [-0.25, -0.2) is 4.79 Å². The Kier molecular flexibility index (Phi) is 5.00. The predicted molar refractivity (Wildman–Crippen MR) is 112 cm³/mol. The van der Waals surface area contributed by atoms with E-state index < -0.39 is 5.97 Å². The Morgan fingerprint density at radius 3 is 2.52 bits per heavy atom. The van der Waals surface area contributed by atoms with Gasteiger partial charge in [-0.3, -0.25) is 0 Å². The lowest BCUT2D eigenvalue weighted by atomic mass is 10.0. The Balaban J connectivity index is 2.11. The van der Waals surface area contributed by atoms with Gasteiger partial charge in [-0.1, -0.05) is 30.3 Å². The number of hydrogen-bond acceptors (Lipinski definition) is 6. The topological polar surface area (TPSA) is 91.9 Å². The summed E-state index contributed by atoms with van der Waals surface area (Å²) >= 11 is 1.31. The molecule has 7 heteroatoms. The Morgan fingerprint density at radius 1 is 1.10 bits per heavy atom. The molecule has 0 bridgehead atoms. The predicted octanol–water partition coefficient (Wildman–Crippen LogP) is 4.23. The number of fused-ring (bicyclic) bond motifs is 1. The van der Waals surface area contributed by atoms with Crippen molar-refractivity contribution in [3.05, 3.63) is 59.5 Å². The zero-order valence-electron chi connectivity index (χ0n) is 15.6. The summed E-state index contributed by atoms with van der Waals surface area (Å²) in [6, 6.07) is 15.8. The molecule has 0 radical (unpaired) electrons. The highest BCUT2D eigenvalue weighted by Gasteiger charge is 2.25. The number of esters is 1. The van der Waals surface area contributed by atoms with E-state index in [1.165, 1.54) is 30.6 Å². The highest BCUT2D eigenvalue weighted by Crippen LogP contribution is 2.47. The maximum atomic E-state index is 12.1. The Hall–Kier alpha value is -3.29. The SMILES string of the molecule is COC(=O)c1cc2c(s1)c(-c1ccccc1)c(-c1ccc(O)cc1O)n2CCO. The minimum absolute atomic E-state index is 0.0393. The number of rotatable bonds is 5. The summed E-state index contributed by atoms with van der Waals surface area (Å²) in [4.78, 5) is 12.6. The average molecular weight is 409 g/mol. The van der Waals surface area contributed by atoms with Gasteiger partial charge in [0.2, 0.25) is 0 Å². The van der Waals surface area contributed by atoms with Crippen LogP contribution in [0.2, 0.25) is 0 Å². The van der Waals surface area contributed by atoms with Gasteiger partial charge in [0.15, 0.2) is 0 Å². The summed E-state index contributed by atoms with van der Waals surface area (Å²) in [5.41, 5.74) is 3.76. The monoisotopic (exact) mass is 409 g/mol. The first-order valence-corrected chi connectivity index (χ1v) is 9.79. The fourth-order valence-corrected chi connectivity index (χ4v) is 4.68. The number of phenols is 2. The number of thiophene rings is 1. The lowest BCUT2D eigenvalue weighted by Crippen LogP contribution is -2.04. The second-order valence-electron chi connectivity index (χ2n) is 6.48.